The van der Waals surface area contributed by atoms with Crippen LogP contribution in [0.5, 0.6) is 0 Å². The number of ether oxygens (including phenoxy) is 4. The highest BCUT2D eigenvalue weighted by molar-refractivity contribution is 7.47. The minimum atomic E-state index is -4.96. The maximum atomic E-state index is 13.0. The van der Waals surface area contributed by atoms with Crippen molar-refractivity contribution in [1.29, 1.82) is 0 Å². The average Bonchev–Trinajstić information content (AvgIpc) is 3.66. The van der Waals surface area contributed by atoms with Gasteiger partial charge in [-0.05, 0) is 63.2 Å². The van der Waals surface area contributed by atoms with Crippen molar-refractivity contribution in [1.82, 2.24) is 0 Å². The van der Waals surface area contributed by atoms with E-state index < -0.39 is 97.5 Å². The van der Waals surface area contributed by atoms with Crippen LogP contribution in [0.4, 0.5) is 0 Å². The van der Waals surface area contributed by atoms with Crippen LogP contribution < -0.4 is 0 Å². The van der Waals surface area contributed by atoms with Crippen LogP contribution in [0.3, 0.4) is 0 Å². The van der Waals surface area contributed by atoms with Crippen LogP contribution in [-0.4, -0.2) is 96.7 Å². The Kier molecular flexibility index (Phi) is 58.1. The van der Waals surface area contributed by atoms with Crippen molar-refractivity contribution in [2.24, 2.45) is 11.8 Å². The summed E-state index contributed by atoms with van der Waals surface area (Å²) < 4.78 is 67.9. The molecule has 3 N–H and O–H groups in total. The fourth-order valence-electron chi connectivity index (χ4n) is 9.67. The molecule has 3 unspecified atom stereocenters. The van der Waals surface area contributed by atoms with Crippen LogP contribution >= 0.6 is 15.6 Å². The first kappa shape index (κ1) is 84.5. The summed E-state index contributed by atoms with van der Waals surface area (Å²) in [6.07, 6.45) is 47.1. The normalized spacial score (nSPS) is 14.7. The van der Waals surface area contributed by atoms with Crippen molar-refractivity contribution in [2.45, 2.75) is 336 Å². The van der Waals surface area contributed by atoms with E-state index in [0.29, 0.717) is 25.7 Å². The maximum Gasteiger partial charge on any atom is 0.472 e. The molecule has 19 heteroatoms. The van der Waals surface area contributed by atoms with Gasteiger partial charge < -0.3 is 33.8 Å². The number of phosphoric acid groups is 2. The van der Waals surface area contributed by atoms with E-state index in [1.807, 2.05) is 0 Å². The highest BCUT2D eigenvalue weighted by Crippen LogP contribution is 2.45. The van der Waals surface area contributed by atoms with Crippen molar-refractivity contribution in [3.8, 4) is 0 Å². The largest absolute Gasteiger partial charge is 0.472 e. The molecule has 0 saturated heterocycles. The minimum Gasteiger partial charge on any atom is -0.462 e. The molecule has 0 aromatic rings. The molecule has 87 heavy (non-hydrogen) atoms. The molecule has 0 aliphatic rings. The Labute approximate surface area is 529 Å². The Morgan fingerprint density at radius 1 is 0.379 bits per heavy atom. The molecule has 0 aromatic heterocycles. The number of allylic oxidation sites excluding steroid dienone is 4. The van der Waals surface area contributed by atoms with Gasteiger partial charge in [0, 0.05) is 25.7 Å². The van der Waals surface area contributed by atoms with E-state index in [4.69, 9.17) is 37.0 Å². The van der Waals surface area contributed by atoms with Crippen LogP contribution in [0, 0.1) is 11.8 Å². The van der Waals surface area contributed by atoms with Gasteiger partial charge in [0.25, 0.3) is 0 Å². The third-order valence-corrected chi connectivity index (χ3v) is 17.3. The second kappa shape index (κ2) is 59.8. The van der Waals surface area contributed by atoms with Gasteiger partial charge in [-0.3, -0.25) is 37.3 Å². The highest BCUT2D eigenvalue weighted by Gasteiger charge is 2.30. The highest BCUT2D eigenvalue weighted by atomic mass is 31.2. The predicted molar refractivity (Wildman–Crippen MR) is 349 cm³/mol. The summed E-state index contributed by atoms with van der Waals surface area (Å²) in [7, 11) is -9.90. The van der Waals surface area contributed by atoms with E-state index in [0.717, 1.165) is 127 Å². The molecule has 0 bridgehead atoms. The summed E-state index contributed by atoms with van der Waals surface area (Å²) in [5.41, 5.74) is 0. The van der Waals surface area contributed by atoms with Crippen molar-refractivity contribution in [3.05, 3.63) is 24.3 Å². The van der Waals surface area contributed by atoms with Crippen molar-refractivity contribution in [2.75, 3.05) is 39.6 Å². The predicted octanol–water partition coefficient (Wildman–Crippen LogP) is 18.8. The van der Waals surface area contributed by atoms with Gasteiger partial charge in [-0.15, -0.1) is 0 Å². The molecule has 0 saturated carbocycles. The van der Waals surface area contributed by atoms with Gasteiger partial charge in [-0.1, -0.05) is 265 Å². The van der Waals surface area contributed by atoms with E-state index >= 15 is 0 Å². The van der Waals surface area contributed by atoms with Crippen LogP contribution in [-0.2, 0) is 65.4 Å². The second-order valence-corrected chi connectivity index (χ2v) is 27.5. The molecule has 512 valence electrons. The Bertz CT molecular complexity index is 1800. The summed E-state index contributed by atoms with van der Waals surface area (Å²) in [6, 6.07) is 0. The lowest BCUT2D eigenvalue weighted by Crippen LogP contribution is -2.30. The minimum absolute atomic E-state index is 0.0996. The Hall–Kier alpha value is -2.46. The zero-order valence-electron chi connectivity index (χ0n) is 55.8. The lowest BCUT2D eigenvalue weighted by Gasteiger charge is -2.21. The Balaban J connectivity index is 5.21. The van der Waals surface area contributed by atoms with Gasteiger partial charge in [-0.25, -0.2) is 9.13 Å². The van der Waals surface area contributed by atoms with E-state index in [-0.39, 0.29) is 25.7 Å². The van der Waals surface area contributed by atoms with Crippen molar-refractivity contribution in [3.63, 3.8) is 0 Å². The molecule has 0 fully saturated rings. The lowest BCUT2D eigenvalue weighted by molar-refractivity contribution is -0.161. The number of carbonyl (C=O) groups is 4. The van der Waals surface area contributed by atoms with E-state index in [9.17, 15) is 43.2 Å². The molecule has 0 aliphatic carbocycles. The van der Waals surface area contributed by atoms with Gasteiger partial charge in [0.2, 0.25) is 0 Å². The molecular formula is C68H128O17P2. The molecule has 0 aromatic carbocycles. The molecule has 0 spiro atoms. The molecule has 0 radical (unpaired) electrons. The maximum absolute atomic E-state index is 13.0. The van der Waals surface area contributed by atoms with Gasteiger partial charge in [0.05, 0.1) is 26.4 Å². The van der Waals surface area contributed by atoms with Crippen LogP contribution in [0.2, 0.25) is 0 Å². The van der Waals surface area contributed by atoms with Gasteiger partial charge in [-0.2, -0.15) is 0 Å². The summed E-state index contributed by atoms with van der Waals surface area (Å²) in [4.78, 5) is 72.1. The summed E-state index contributed by atoms with van der Waals surface area (Å²) in [5, 5.41) is 10.5. The SMILES string of the molecule is CCCCCC/C=C\C=C/CCCCCCCC(=O)OC[C@H](COP(=O)(O)OC[C@@H](O)COP(=O)(O)OC[C@@H](COC(=O)CCCCCCC)OC(=O)CCCCCCCCC(C)CC)OC(=O)CCCCCCCCCCCCCCCCC(C)C. The summed E-state index contributed by atoms with van der Waals surface area (Å²) in [5.74, 6) is -0.660. The number of aliphatic hydroxyl groups is 1. The standard InChI is InChI=1S/C68H128O17P2/c1-7-10-12-14-15-16-17-18-19-23-26-29-32-39-45-51-66(71)79-57-64(84-67(72)52-46-40-33-30-27-24-21-20-22-25-28-31-37-42-48-60(4)5)59-83-87(76,77)81-55-62(69)54-80-86(74,75)82-58-63(56-78-65(70)50-44-36-13-11-8-2)85-68(73)53-47-41-35-34-38-43-49-61(6)9-3/h16-19,60-64,69H,7-15,20-59H2,1-6H3,(H,74,75)(H,76,77)/b17-16-,19-18-/t61?,62-,63+,64+/m0/s1. The van der Waals surface area contributed by atoms with E-state index in [1.165, 1.54) is 109 Å². The number of unbranched alkanes of at least 4 members (excludes halogenated alkanes) is 31. The first-order chi connectivity index (χ1) is 41.9. The van der Waals surface area contributed by atoms with Gasteiger partial charge in [0.15, 0.2) is 12.2 Å². The first-order valence-corrected chi connectivity index (χ1v) is 37.8. The fraction of sp³-hybridized carbons (Fsp3) is 0.882. The number of hydrogen-bond donors (Lipinski definition) is 3. The molecule has 0 aliphatic heterocycles. The second-order valence-electron chi connectivity index (χ2n) is 24.6. The Morgan fingerprint density at radius 2 is 0.678 bits per heavy atom. The van der Waals surface area contributed by atoms with Crippen LogP contribution in [0.25, 0.3) is 0 Å². The zero-order chi connectivity index (χ0) is 64.3. The third-order valence-electron chi connectivity index (χ3n) is 15.4. The zero-order valence-corrected chi connectivity index (χ0v) is 57.6. The molecule has 0 rings (SSSR count). The summed E-state index contributed by atoms with van der Waals surface area (Å²) in [6.45, 7) is 9.34. The van der Waals surface area contributed by atoms with Crippen molar-refractivity contribution < 1.29 is 80.2 Å². The first-order valence-electron chi connectivity index (χ1n) is 34.8. The van der Waals surface area contributed by atoms with Crippen LogP contribution in [0.1, 0.15) is 318 Å². The Morgan fingerprint density at radius 3 is 1.03 bits per heavy atom. The fourth-order valence-corrected chi connectivity index (χ4v) is 11.2. The number of esters is 4. The van der Waals surface area contributed by atoms with E-state index in [2.05, 4.69) is 65.8 Å². The molecule has 0 heterocycles. The molecular weight excluding hydrogens is 1150 g/mol. The topological polar surface area (TPSA) is 237 Å². The number of hydrogen-bond acceptors (Lipinski definition) is 15. The lowest BCUT2D eigenvalue weighted by atomic mass is 10.00. The van der Waals surface area contributed by atoms with Gasteiger partial charge >= 0.3 is 39.5 Å². The monoisotopic (exact) mass is 1280 g/mol. The third kappa shape index (κ3) is 60.9. The summed E-state index contributed by atoms with van der Waals surface area (Å²) >= 11 is 0. The molecule has 6 atom stereocenters. The van der Waals surface area contributed by atoms with E-state index in [1.54, 1.807) is 0 Å². The van der Waals surface area contributed by atoms with Crippen molar-refractivity contribution >= 4 is 39.5 Å². The molecule has 17 nitrogen and oxygen atoms in total. The number of carbonyl (C=O) groups excluding carboxylic acids is 4. The molecule has 0 amide bonds. The number of rotatable bonds is 65. The van der Waals surface area contributed by atoms with Gasteiger partial charge in [0.1, 0.15) is 19.3 Å². The number of phosphoric ester groups is 2. The number of aliphatic hydroxyl groups excluding tert-OH is 1. The van der Waals surface area contributed by atoms with Crippen LogP contribution in [0.15, 0.2) is 24.3 Å². The average molecular weight is 1280 g/mol. The quantitative estimate of drug-likeness (QED) is 0.0169. The smallest absolute Gasteiger partial charge is 0.462 e.